The summed E-state index contributed by atoms with van der Waals surface area (Å²) in [7, 11) is -3.75. The largest absolute Gasteiger partial charge is 0.459 e. The Morgan fingerprint density at radius 3 is 2.42 bits per heavy atom. The zero-order chi connectivity index (χ0) is 19.5. The first kappa shape index (κ1) is 20.8. The van der Waals surface area contributed by atoms with Gasteiger partial charge in [0.1, 0.15) is 18.1 Å². The van der Waals surface area contributed by atoms with Gasteiger partial charge in [-0.15, -0.1) is 0 Å². The number of sulfonamides is 1. The topological polar surface area (TPSA) is 92.0 Å². The molecule has 1 aromatic carbocycles. The number of hydrogen-bond donors (Lipinski definition) is 1. The first-order valence-corrected chi connectivity index (χ1v) is 10.5. The maximum absolute atomic E-state index is 12.1. The molecule has 0 radical (unpaired) electrons. The zero-order valence-corrected chi connectivity index (χ0v) is 17.6. The average Bonchev–Trinajstić information content (AvgIpc) is 2.81. The van der Waals surface area contributed by atoms with Crippen molar-refractivity contribution in [3.05, 3.63) is 50.3 Å². The SMILES string of the molecule is Cc1oc(/C=N\NC(=O)CN(c2cc(Cl)cc(Cl)c2)S(C)(=O)=O)cc1Br. The average molecular weight is 483 g/mol. The van der Waals surface area contributed by atoms with Gasteiger partial charge in [0.2, 0.25) is 10.0 Å². The van der Waals surface area contributed by atoms with E-state index in [0.717, 1.165) is 15.0 Å². The summed E-state index contributed by atoms with van der Waals surface area (Å²) in [5.74, 6) is 0.445. The van der Waals surface area contributed by atoms with E-state index in [9.17, 15) is 13.2 Å². The zero-order valence-electron chi connectivity index (χ0n) is 13.7. The van der Waals surface area contributed by atoms with E-state index in [0.29, 0.717) is 11.5 Å². The van der Waals surface area contributed by atoms with Gasteiger partial charge in [0.25, 0.3) is 5.91 Å². The second-order valence-corrected chi connectivity index (χ2v) is 8.88. The lowest BCUT2D eigenvalue weighted by atomic mass is 10.3. The Balaban J connectivity index is 2.12. The van der Waals surface area contributed by atoms with Crippen LogP contribution in [-0.4, -0.2) is 33.3 Å². The van der Waals surface area contributed by atoms with Gasteiger partial charge in [-0.3, -0.25) is 9.10 Å². The van der Waals surface area contributed by atoms with Crippen LogP contribution >= 0.6 is 39.1 Å². The predicted molar refractivity (Wildman–Crippen MR) is 106 cm³/mol. The number of furan rings is 1. The smallest absolute Gasteiger partial charge is 0.260 e. The molecular formula is C15H14BrCl2N3O4S. The molecule has 0 saturated carbocycles. The predicted octanol–water partition coefficient (Wildman–Crippen LogP) is 3.57. The van der Waals surface area contributed by atoms with Crippen LogP contribution in [0.5, 0.6) is 0 Å². The molecule has 1 heterocycles. The quantitative estimate of drug-likeness (QED) is 0.503. The molecule has 7 nitrogen and oxygen atoms in total. The number of amides is 1. The third kappa shape index (κ3) is 5.73. The number of carbonyl (C=O) groups is 1. The molecule has 1 amide bonds. The number of carbonyl (C=O) groups excluding carboxylic acids is 1. The fourth-order valence-electron chi connectivity index (χ4n) is 1.96. The molecule has 1 N–H and O–H groups in total. The summed E-state index contributed by atoms with van der Waals surface area (Å²) >= 11 is 15.1. The molecule has 0 saturated heterocycles. The van der Waals surface area contributed by atoms with Crippen molar-refractivity contribution in [2.45, 2.75) is 6.92 Å². The maximum Gasteiger partial charge on any atom is 0.260 e. The van der Waals surface area contributed by atoms with E-state index in [1.54, 1.807) is 13.0 Å². The Morgan fingerprint density at radius 2 is 1.92 bits per heavy atom. The number of benzene rings is 1. The van der Waals surface area contributed by atoms with Gasteiger partial charge in [-0.2, -0.15) is 5.10 Å². The van der Waals surface area contributed by atoms with Crippen molar-refractivity contribution in [2.24, 2.45) is 5.10 Å². The molecule has 0 bridgehead atoms. The number of anilines is 1. The number of hydrazone groups is 1. The van der Waals surface area contributed by atoms with Gasteiger partial charge in [0.05, 0.1) is 22.6 Å². The summed E-state index contributed by atoms with van der Waals surface area (Å²) in [6.07, 6.45) is 2.28. The van der Waals surface area contributed by atoms with E-state index < -0.39 is 22.5 Å². The first-order chi connectivity index (χ1) is 12.1. The molecule has 0 aliphatic rings. The van der Waals surface area contributed by atoms with Gasteiger partial charge in [-0.05, 0) is 41.1 Å². The molecule has 0 unspecified atom stereocenters. The fraction of sp³-hybridized carbons (Fsp3) is 0.200. The molecule has 0 atom stereocenters. The number of nitrogens with one attached hydrogen (secondary N) is 1. The fourth-order valence-corrected chi connectivity index (χ4v) is 3.62. The number of nitrogens with zero attached hydrogens (tertiary/aromatic N) is 2. The van der Waals surface area contributed by atoms with E-state index >= 15 is 0 Å². The highest BCUT2D eigenvalue weighted by molar-refractivity contribution is 9.10. The minimum Gasteiger partial charge on any atom is -0.459 e. The van der Waals surface area contributed by atoms with E-state index in [1.165, 1.54) is 24.4 Å². The van der Waals surface area contributed by atoms with E-state index in [-0.39, 0.29) is 15.7 Å². The minimum atomic E-state index is -3.75. The Morgan fingerprint density at radius 1 is 1.31 bits per heavy atom. The lowest BCUT2D eigenvalue weighted by molar-refractivity contribution is -0.119. The molecule has 0 fully saturated rings. The van der Waals surface area contributed by atoms with Gasteiger partial charge < -0.3 is 4.42 Å². The van der Waals surface area contributed by atoms with Gasteiger partial charge in [-0.25, -0.2) is 13.8 Å². The van der Waals surface area contributed by atoms with Crippen molar-refractivity contribution in [3.63, 3.8) is 0 Å². The number of hydrogen-bond acceptors (Lipinski definition) is 5. The third-order valence-electron chi connectivity index (χ3n) is 3.08. The van der Waals surface area contributed by atoms with Crippen molar-refractivity contribution in [1.29, 1.82) is 0 Å². The van der Waals surface area contributed by atoms with Crippen LogP contribution in [0.4, 0.5) is 5.69 Å². The maximum atomic E-state index is 12.1. The molecule has 0 aliphatic heterocycles. The molecule has 2 aromatic rings. The minimum absolute atomic E-state index is 0.176. The first-order valence-electron chi connectivity index (χ1n) is 7.08. The van der Waals surface area contributed by atoms with Gasteiger partial charge in [-0.1, -0.05) is 23.2 Å². The van der Waals surface area contributed by atoms with Crippen LogP contribution in [0.3, 0.4) is 0 Å². The summed E-state index contributed by atoms with van der Waals surface area (Å²) in [5.41, 5.74) is 2.42. The summed E-state index contributed by atoms with van der Waals surface area (Å²) in [5, 5.41) is 4.24. The Labute approximate surface area is 169 Å². The highest BCUT2D eigenvalue weighted by atomic mass is 79.9. The van der Waals surface area contributed by atoms with Crippen LogP contribution in [0.2, 0.25) is 10.0 Å². The molecular weight excluding hydrogens is 469 g/mol. The number of aryl methyl sites for hydroxylation is 1. The highest BCUT2D eigenvalue weighted by Gasteiger charge is 2.21. The van der Waals surface area contributed by atoms with Crippen molar-refractivity contribution in [2.75, 3.05) is 17.1 Å². The number of rotatable bonds is 6. The molecule has 0 aliphatic carbocycles. The Kier molecular flexibility index (Phi) is 6.73. The van der Waals surface area contributed by atoms with Crippen LogP contribution in [-0.2, 0) is 14.8 Å². The number of halogens is 3. The molecule has 11 heteroatoms. The van der Waals surface area contributed by atoms with E-state index in [1.807, 2.05) is 0 Å². The third-order valence-corrected chi connectivity index (χ3v) is 5.44. The van der Waals surface area contributed by atoms with Crippen LogP contribution in [0.15, 0.2) is 38.3 Å². The van der Waals surface area contributed by atoms with Crippen LogP contribution in [0, 0.1) is 6.92 Å². The summed E-state index contributed by atoms with van der Waals surface area (Å²) in [6.45, 7) is 1.27. The van der Waals surface area contributed by atoms with E-state index in [4.69, 9.17) is 27.6 Å². The Hall–Kier alpha value is -1.55. The standard InChI is InChI=1S/C15H14BrCl2N3O4S/c1-9-14(16)6-13(25-9)7-19-20-15(22)8-21(26(2,23)24)12-4-10(17)3-11(18)5-12/h3-7H,8H2,1-2H3,(H,20,22)/b19-7-. The Bertz CT molecular complexity index is 920. The molecule has 0 spiro atoms. The molecule has 2 rings (SSSR count). The second-order valence-electron chi connectivity index (χ2n) is 5.24. The van der Waals surface area contributed by atoms with Gasteiger partial charge >= 0.3 is 0 Å². The van der Waals surface area contributed by atoms with Crippen LogP contribution in [0.1, 0.15) is 11.5 Å². The monoisotopic (exact) mass is 481 g/mol. The summed E-state index contributed by atoms with van der Waals surface area (Å²) in [6, 6.07) is 5.94. The van der Waals surface area contributed by atoms with Gasteiger partial charge in [0, 0.05) is 16.1 Å². The van der Waals surface area contributed by atoms with Crippen molar-refractivity contribution < 1.29 is 17.6 Å². The normalized spacial score (nSPS) is 11.7. The molecule has 26 heavy (non-hydrogen) atoms. The van der Waals surface area contributed by atoms with Crippen LogP contribution < -0.4 is 9.73 Å². The van der Waals surface area contributed by atoms with Crippen molar-refractivity contribution >= 4 is 67.0 Å². The van der Waals surface area contributed by atoms with Crippen molar-refractivity contribution in [3.8, 4) is 0 Å². The van der Waals surface area contributed by atoms with Gasteiger partial charge in [0.15, 0.2) is 0 Å². The van der Waals surface area contributed by atoms with Crippen LogP contribution in [0.25, 0.3) is 0 Å². The molecule has 140 valence electrons. The summed E-state index contributed by atoms with van der Waals surface area (Å²) < 4.78 is 31.0. The molecule has 1 aromatic heterocycles. The summed E-state index contributed by atoms with van der Waals surface area (Å²) in [4.78, 5) is 12.1. The second kappa shape index (κ2) is 8.43. The van der Waals surface area contributed by atoms with E-state index in [2.05, 4.69) is 26.5 Å². The highest BCUT2D eigenvalue weighted by Crippen LogP contribution is 2.26. The lowest BCUT2D eigenvalue weighted by Crippen LogP contribution is -2.39. The van der Waals surface area contributed by atoms with Crippen molar-refractivity contribution in [1.82, 2.24) is 5.43 Å². The lowest BCUT2D eigenvalue weighted by Gasteiger charge is -2.21.